The number of aromatic nitrogens is 1. The zero-order valence-electron chi connectivity index (χ0n) is 17.5. The number of amides is 2. The molecule has 0 bridgehead atoms. The second kappa shape index (κ2) is 11.7. The van der Waals surface area contributed by atoms with Crippen LogP contribution in [0.25, 0.3) is 0 Å². The van der Waals surface area contributed by atoms with Crippen LogP contribution in [-0.4, -0.2) is 36.0 Å². The molecule has 3 rings (SSSR count). The molecule has 2 amide bonds. The third-order valence-corrected chi connectivity index (χ3v) is 5.51. The average Bonchev–Trinajstić information content (AvgIpc) is 2.81. The highest BCUT2D eigenvalue weighted by Crippen LogP contribution is 2.25. The Hall–Kier alpha value is -3.40. The Bertz CT molecular complexity index is 893. The van der Waals surface area contributed by atoms with Crippen molar-refractivity contribution in [2.75, 3.05) is 13.2 Å². The number of carbonyl (C=O) groups is 2. The van der Waals surface area contributed by atoms with Crippen LogP contribution in [0, 0.1) is 17.2 Å². The van der Waals surface area contributed by atoms with Crippen LogP contribution in [0.1, 0.15) is 48.0 Å². The standard InChI is InChI=1S/C24H28N4O3/c25-13-16-27-24(30)21-5-1-2-6-22(21)28-23(29)19-7-9-20(10-8-19)31-17-3-4-18-11-14-26-15-12-18/h7-12,14-15,21-22H,1-6,16-17H2,(H,27,30)(H,28,29)/t21-,22+/m1/s1. The molecule has 1 fully saturated rings. The fraction of sp³-hybridized carbons (Fsp3) is 0.417. The lowest BCUT2D eigenvalue weighted by Crippen LogP contribution is -2.48. The second-order valence-corrected chi connectivity index (χ2v) is 7.68. The van der Waals surface area contributed by atoms with Crippen LogP contribution in [0.2, 0.25) is 0 Å². The lowest BCUT2D eigenvalue weighted by molar-refractivity contribution is -0.126. The number of carbonyl (C=O) groups excluding carboxylic acids is 2. The Labute approximate surface area is 182 Å². The van der Waals surface area contributed by atoms with Gasteiger partial charge in [-0.2, -0.15) is 5.26 Å². The van der Waals surface area contributed by atoms with Gasteiger partial charge in [-0.05, 0) is 67.6 Å². The summed E-state index contributed by atoms with van der Waals surface area (Å²) in [7, 11) is 0. The fourth-order valence-corrected chi connectivity index (χ4v) is 3.85. The van der Waals surface area contributed by atoms with Crippen molar-refractivity contribution in [3.05, 3.63) is 59.9 Å². The Morgan fingerprint density at radius 3 is 2.58 bits per heavy atom. The molecular weight excluding hydrogens is 392 g/mol. The zero-order chi connectivity index (χ0) is 21.9. The van der Waals surface area contributed by atoms with Gasteiger partial charge in [-0.3, -0.25) is 14.6 Å². The molecule has 0 saturated heterocycles. The Balaban J connectivity index is 1.47. The topological polar surface area (TPSA) is 104 Å². The number of pyridine rings is 1. The first-order valence-electron chi connectivity index (χ1n) is 10.7. The van der Waals surface area contributed by atoms with Crippen LogP contribution in [0.3, 0.4) is 0 Å². The van der Waals surface area contributed by atoms with Gasteiger partial charge in [0.05, 0.1) is 18.6 Å². The van der Waals surface area contributed by atoms with E-state index in [0.29, 0.717) is 18.6 Å². The fourth-order valence-electron chi connectivity index (χ4n) is 3.85. The molecule has 0 unspecified atom stereocenters. The van der Waals surface area contributed by atoms with E-state index < -0.39 is 0 Å². The van der Waals surface area contributed by atoms with Crippen molar-refractivity contribution in [1.29, 1.82) is 5.26 Å². The minimum atomic E-state index is -0.297. The van der Waals surface area contributed by atoms with Crippen LogP contribution >= 0.6 is 0 Å². The maximum Gasteiger partial charge on any atom is 0.251 e. The number of hydrogen-bond acceptors (Lipinski definition) is 5. The van der Waals surface area contributed by atoms with Gasteiger partial charge in [-0.1, -0.05) is 12.8 Å². The Morgan fingerprint density at radius 2 is 1.84 bits per heavy atom. The largest absolute Gasteiger partial charge is 0.494 e. The van der Waals surface area contributed by atoms with E-state index in [1.54, 1.807) is 36.7 Å². The van der Waals surface area contributed by atoms with E-state index in [1.165, 1.54) is 5.56 Å². The maximum atomic E-state index is 12.7. The molecule has 162 valence electrons. The molecular formula is C24H28N4O3. The molecule has 7 heteroatoms. The molecule has 2 N–H and O–H groups in total. The molecule has 2 atom stereocenters. The van der Waals surface area contributed by atoms with E-state index >= 15 is 0 Å². The first-order chi connectivity index (χ1) is 15.2. The Morgan fingerprint density at radius 1 is 1.10 bits per heavy atom. The molecule has 7 nitrogen and oxygen atoms in total. The van der Waals surface area contributed by atoms with Crippen LogP contribution < -0.4 is 15.4 Å². The number of ether oxygens (including phenoxy) is 1. The molecule has 1 aliphatic carbocycles. The number of hydrogen-bond donors (Lipinski definition) is 2. The minimum Gasteiger partial charge on any atom is -0.494 e. The smallest absolute Gasteiger partial charge is 0.251 e. The molecule has 1 heterocycles. The van der Waals surface area contributed by atoms with E-state index in [1.807, 2.05) is 18.2 Å². The quantitative estimate of drug-likeness (QED) is 0.479. The summed E-state index contributed by atoms with van der Waals surface area (Å²) < 4.78 is 5.77. The Kier molecular flexibility index (Phi) is 8.41. The molecule has 0 spiro atoms. The molecule has 31 heavy (non-hydrogen) atoms. The van der Waals surface area contributed by atoms with E-state index in [4.69, 9.17) is 10.00 Å². The molecule has 1 aromatic carbocycles. The highest BCUT2D eigenvalue weighted by Gasteiger charge is 2.32. The number of rotatable bonds is 9. The number of aryl methyl sites for hydroxylation is 1. The highest BCUT2D eigenvalue weighted by atomic mass is 16.5. The average molecular weight is 421 g/mol. The summed E-state index contributed by atoms with van der Waals surface area (Å²) in [6.45, 7) is 0.579. The van der Waals surface area contributed by atoms with E-state index in [0.717, 1.165) is 37.9 Å². The summed E-state index contributed by atoms with van der Waals surface area (Å²) in [4.78, 5) is 29.0. The van der Waals surface area contributed by atoms with Crippen molar-refractivity contribution >= 4 is 11.8 Å². The van der Waals surface area contributed by atoms with Gasteiger partial charge < -0.3 is 15.4 Å². The van der Waals surface area contributed by atoms with Crippen LogP contribution in [0.15, 0.2) is 48.8 Å². The number of nitriles is 1. The zero-order valence-corrected chi connectivity index (χ0v) is 17.5. The van der Waals surface area contributed by atoms with Crippen LogP contribution in [0.5, 0.6) is 5.75 Å². The van der Waals surface area contributed by atoms with E-state index in [-0.39, 0.29) is 30.3 Å². The van der Waals surface area contributed by atoms with Crippen molar-refractivity contribution in [1.82, 2.24) is 15.6 Å². The summed E-state index contributed by atoms with van der Waals surface area (Å²) >= 11 is 0. The summed E-state index contributed by atoms with van der Waals surface area (Å²) in [6.07, 6.45) is 8.78. The van der Waals surface area contributed by atoms with Crippen LogP contribution in [-0.2, 0) is 11.2 Å². The lowest BCUT2D eigenvalue weighted by atomic mass is 9.83. The number of nitrogens with zero attached hydrogens (tertiary/aromatic N) is 2. The lowest BCUT2D eigenvalue weighted by Gasteiger charge is -2.31. The third kappa shape index (κ3) is 6.82. The number of benzene rings is 1. The van der Waals surface area contributed by atoms with Gasteiger partial charge >= 0.3 is 0 Å². The van der Waals surface area contributed by atoms with Crippen molar-refractivity contribution in [2.24, 2.45) is 5.92 Å². The SMILES string of the molecule is N#CCNC(=O)[C@@H]1CCCC[C@@H]1NC(=O)c1ccc(OCCCc2ccncc2)cc1. The first kappa shape index (κ1) is 22.3. The minimum absolute atomic E-state index is 0.0139. The molecule has 1 aromatic heterocycles. The predicted octanol–water partition coefficient (Wildman–Crippen LogP) is 3.02. The van der Waals surface area contributed by atoms with E-state index in [9.17, 15) is 9.59 Å². The normalized spacial score (nSPS) is 17.9. The van der Waals surface area contributed by atoms with Gasteiger partial charge in [0.1, 0.15) is 12.3 Å². The molecule has 0 aliphatic heterocycles. The molecule has 1 saturated carbocycles. The monoisotopic (exact) mass is 420 g/mol. The van der Waals surface area contributed by atoms with Crippen molar-refractivity contribution in [3.8, 4) is 11.8 Å². The van der Waals surface area contributed by atoms with Gasteiger partial charge in [0.15, 0.2) is 0 Å². The predicted molar refractivity (Wildman–Crippen MR) is 116 cm³/mol. The van der Waals surface area contributed by atoms with Gasteiger partial charge in [-0.25, -0.2) is 0 Å². The van der Waals surface area contributed by atoms with Crippen molar-refractivity contribution in [2.45, 2.75) is 44.6 Å². The first-order valence-corrected chi connectivity index (χ1v) is 10.7. The molecule has 0 radical (unpaired) electrons. The van der Waals surface area contributed by atoms with Gasteiger partial charge in [0.25, 0.3) is 5.91 Å². The highest BCUT2D eigenvalue weighted by molar-refractivity contribution is 5.95. The number of nitrogens with one attached hydrogen (secondary N) is 2. The molecule has 2 aromatic rings. The summed E-state index contributed by atoms with van der Waals surface area (Å²) in [5.74, 6) is 0.0584. The van der Waals surface area contributed by atoms with E-state index in [2.05, 4.69) is 15.6 Å². The van der Waals surface area contributed by atoms with Gasteiger partial charge in [0, 0.05) is 24.0 Å². The summed E-state index contributed by atoms with van der Waals surface area (Å²) in [6, 6.07) is 12.8. The second-order valence-electron chi connectivity index (χ2n) is 7.68. The van der Waals surface area contributed by atoms with Crippen molar-refractivity contribution < 1.29 is 14.3 Å². The maximum absolute atomic E-state index is 12.7. The summed E-state index contributed by atoms with van der Waals surface area (Å²) in [5, 5.41) is 14.3. The van der Waals surface area contributed by atoms with Gasteiger partial charge in [0.2, 0.25) is 5.91 Å². The summed E-state index contributed by atoms with van der Waals surface area (Å²) in [5.41, 5.74) is 1.76. The van der Waals surface area contributed by atoms with Crippen LogP contribution in [0.4, 0.5) is 0 Å². The van der Waals surface area contributed by atoms with Gasteiger partial charge in [-0.15, -0.1) is 0 Å². The third-order valence-electron chi connectivity index (χ3n) is 5.51. The molecule has 1 aliphatic rings. The van der Waals surface area contributed by atoms with Crippen molar-refractivity contribution in [3.63, 3.8) is 0 Å².